The lowest BCUT2D eigenvalue weighted by atomic mass is 10.2. The minimum Gasteiger partial charge on any atom is -0.487 e. The van der Waals surface area contributed by atoms with Crippen LogP contribution in [-0.2, 0) is 16.1 Å². The van der Waals surface area contributed by atoms with Gasteiger partial charge in [-0.3, -0.25) is 0 Å². The highest BCUT2D eigenvalue weighted by atomic mass is 16.5. The molecule has 0 radical (unpaired) electrons. The smallest absolute Gasteiger partial charge is 0.330 e. The van der Waals surface area contributed by atoms with E-state index >= 15 is 0 Å². The van der Waals surface area contributed by atoms with E-state index in [1.54, 1.807) is 13.0 Å². The van der Waals surface area contributed by atoms with Gasteiger partial charge < -0.3 is 13.9 Å². The number of hydrogen-bond donors (Lipinski definition) is 0. The summed E-state index contributed by atoms with van der Waals surface area (Å²) in [6.07, 6.45) is 3.11. The zero-order chi connectivity index (χ0) is 19.1. The maximum absolute atomic E-state index is 11.3. The largest absolute Gasteiger partial charge is 0.487 e. The van der Waals surface area contributed by atoms with Crippen LogP contribution in [0.5, 0.6) is 5.75 Å². The number of benzene rings is 2. The van der Waals surface area contributed by atoms with Crippen LogP contribution in [0.1, 0.15) is 23.9 Å². The monoisotopic (exact) mass is 363 g/mol. The second kappa shape index (κ2) is 8.85. The van der Waals surface area contributed by atoms with Gasteiger partial charge in [0.25, 0.3) is 0 Å². The van der Waals surface area contributed by atoms with Gasteiger partial charge in [0.15, 0.2) is 0 Å². The number of carbonyl (C=O) groups is 1. The Morgan fingerprint density at radius 3 is 2.56 bits per heavy atom. The van der Waals surface area contributed by atoms with Crippen LogP contribution in [-0.4, -0.2) is 17.6 Å². The molecule has 0 aliphatic carbocycles. The van der Waals surface area contributed by atoms with Crippen LogP contribution in [0, 0.1) is 6.92 Å². The number of aromatic nitrogens is 1. The van der Waals surface area contributed by atoms with Crippen LogP contribution in [0.4, 0.5) is 0 Å². The number of aryl methyl sites for hydroxylation is 1. The van der Waals surface area contributed by atoms with E-state index in [-0.39, 0.29) is 5.97 Å². The third kappa shape index (κ3) is 5.07. The van der Waals surface area contributed by atoms with Gasteiger partial charge in [0.1, 0.15) is 23.8 Å². The highest BCUT2D eigenvalue weighted by molar-refractivity contribution is 5.87. The first-order valence-electron chi connectivity index (χ1n) is 8.75. The predicted molar refractivity (Wildman–Crippen MR) is 103 cm³/mol. The first-order valence-corrected chi connectivity index (χ1v) is 8.75. The molecule has 0 aliphatic rings. The molecule has 0 amide bonds. The number of ether oxygens (including phenoxy) is 2. The highest BCUT2D eigenvalue weighted by Crippen LogP contribution is 2.22. The van der Waals surface area contributed by atoms with Crippen molar-refractivity contribution in [1.82, 2.24) is 4.98 Å². The van der Waals surface area contributed by atoms with Gasteiger partial charge in [0.05, 0.1) is 6.61 Å². The maximum Gasteiger partial charge on any atom is 0.330 e. The van der Waals surface area contributed by atoms with Crippen molar-refractivity contribution >= 4 is 12.0 Å². The summed E-state index contributed by atoms with van der Waals surface area (Å²) in [5.41, 5.74) is 2.59. The van der Waals surface area contributed by atoms with Crippen LogP contribution in [0.2, 0.25) is 0 Å². The minimum absolute atomic E-state index is 0.320. The topological polar surface area (TPSA) is 61.6 Å². The van der Waals surface area contributed by atoms with Crippen molar-refractivity contribution in [2.24, 2.45) is 0 Å². The molecule has 5 nitrogen and oxygen atoms in total. The molecular formula is C22H21NO4. The molecule has 1 heterocycles. The summed E-state index contributed by atoms with van der Waals surface area (Å²) < 4.78 is 16.4. The molecule has 5 heteroatoms. The first-order chi connectivity index (χ1) is 13.2. The molecule has 0 aliphatic heterocycles. The van der Waals surface area contributed by atoms with E-state index in [1.165, 1.54) is 6.08 Å². The van der Waals surface area contributed by atoms with Crippen molar-refractivity contribution in [2.45, 2.75) is 20.5 Å². The molecule has 2 aromatic carbocycles. The van der Waals surface area contributed by atoms with Crippen molar-refractivity contribution in [2.75, 3.05) is 6.61 Å². The van der Waals surface area contributed by atoms with Crippen molar-refractivity contribution in [1.29, 1.82) is 0 Å². The van der Waals surface area contributed by atoms with Crippen LogP contribution < -0.4 is 4.74 Å². The van der Waals surface area contributed by atoms with Crippen LogP contribution in [0.25, 0.3) is 17.5 Å². The number of hydrogen-bond acceptors (Lipinski definition) is 5. The van der Waals surface area contributed by atoms with Gasteiger partial charge in [0, 0.05) is 11.6 Å². The summed E-state index contributed by atoms with van der Waals surface area (Å²) in [7, 11) is 0. The van der Waals surface area contributed by atoms with Gasteiger partial charge in [-0.05, 0) is 49.8 Å². The van der Waals surface area contributed by atoms with Gasteiger partial charge in [-0.15, -0.1) is 0 Å². The zero-order valence-electron chi connectivity index (χ0n) is 15.3. The highest BCUT2D eigenvalue weighted by Gasteiger charge is 2.11. The lowest BCUT2D eigenvalue weighted by Crippen LogP contribution is -1.98. The van der Waals surface area contributed by atoms with Crippen LogP contribution in [0.3, 0.4) is 0 Å². The number of carbonyl (C=O) groups excluding carboxylic acids is 1. The van der Waals surface area contributed by atoms with E-state index in [4.69, 9.17) is 13.9 Å². The molecule has 0 spiro atoms. The fourth-order valence-electron chi connectivity index (χ4n) is 2.45. The fourth-order valence-corrected chi connectivity index (χ4v) is 2.45. The van der Waals surface area contributed by atoms with E-state index in [1.807, 2.05) is 61.5 Å². The molecule has 27 heavy (non-hydrogen) atoms. The minimum atomic E-state index is -0.353. The van der Waals surface area contributed by atoms with Gasteiger partial charge >= 0.3 is 5.97 Å². The maximum atomic E-state index is 11.3. The Labute approximate surface area is 158 Å². The van der Waals surface area contributed by atoms with Gasteiger partial charge in [-0.25, -0.2) is 9.78 Å². The zero-order valence-corrected chi connectivity index (χ0v) is 15.3. The molecule has 3 rings (SSSR count). The van der Waals surface area contributed by atoms with E-state index in [9.17, 15) is 4.79 Å². The molecule has 0 fully saturated rings. The summed E-state index contributed by atoms with van der Waals surface area (Å²) in [5.74, 6) is 1.69. The second-order valence-electron chi connectivity index (χ2n) is 5.83. The van der Waals surface area contributed by atoms with E-state index in [0.29, 0.717) is 24.9 Å². The number of rotatable bonds is 7. The summed E-state index contributed by atoms with van der Waals surface area (Å²) in [6.45, 7) is 4.34. The Morgan fingerprint density at radius 1 is 1.11 bits per heavy atom. The molecule has 0 saturated carbocycles. The third-order valence-electron chi connectivity index (χ3n) is 3.87. The summed E-state index contributed by atoms with van der Waals surface area (Å²) in [5, 5.41) is 0. The van der Waals surface area contributed by atoms with Crippen molar-refractivity contribution < 1.29 is 18.7 Å². The van der Waals surface area contributed by atoms with Crippen LogP contribution >= 0.6 is 0 Å². The molecule has 138 valence electrons. The molecule has 0 bridgehead atoms. The van der Waals surface area contributed by atoms with Crippen molar-refractivity contribution in [3.63, 3.8) is 0 Å². The molecule has 0 N–H and O–H groups in total. The predicted octanol–water partition coefficient (Wildman–Crippen LogP) is 4.81. The lowest BCUT2D eigenvalue weighted by molar-refractivity contribution is -0.137. The van der Waals surface area contributed by atoms with E-state index in [2.05, 4.69) is 4.98 Å². The Morgan fingerprint density at radius 2 is 1.85 bits per heavy atom. The molecule has 1 aromatic heterocycles. The standard InChI is InChI=1S/C22H21NO4/c1-3-25-21(24)14-11-17-9-12-19(13-10-17)26-15-20-16(2)27-22(23-20)18-7-5-4-6-8-18/h4-14H,3,15H2,1-2H3/b14-11+. The normalized spacial score (nSPS) is 10.9. The van der Waals surface area contributed by atoms with E-state index < -0.39 is 0 Å². The summed E-state index contributed by atoms with van der Waals surface area (Å²) in [4.78, 5) is 15.9. The number of oxazole rings is 1. The first kappa shape index (κ1) is 18.5. The van der Waals surface area contributed by atoms with Crippen LogP contribution in [0.15, 0.2) is 65.1 Å². The Hall–Kier alpha value is -3.34. The van der Waals surface area contributed by atoms with Gasteiger partial charge in [-0.1, -0.05) is 30.3 Å². The second-order valence-corrected chi connectivity index (χ2v) is 5.83. The molecule has 0 atom stereocenters. The SMILES string of the molecule is CCOC(=O)/C=C/c1ccc(OCc2nc(-c3ccccc3)oc2C)cc1. The number of nitrogens with zero attached hydrogens (tertiary/aromatic N) is 1. The third-order valence-corrected chi connectivity index (χ3v) is 3.87. The van der Waals surface area contributed by atoms with Gasteiger partial charge in [-0.2, -0.15) is 0 Å². The quantitative estimate of drug-likeness (QED) is 0.445. The average molecular weight is 363 g/mol. The van der Waals surface area contributed by atoms with Gasteiger partial charge in [0.2, 0.25) is 5.89 Å². The molecule has 0 saturated heterocycles. The summed E-state index contributed by atoms with van der Waals surface area (Å²) in [6, 6.07) is 17.2. The Kier molecular flexibility index (Phi) is 6.05. The Bertz CT molecular complexity index is 911. The van der Waals surface area contributed by atoms with E-state index in [0.717, 1.165) is 22.6 Å². The lowest BCUT2D eigenvalue weighted by Gasteiger charge is -2.04. The fraction of sp³-hybridized carbons (Fsp3) is 0.182. The average Bonchev–Trinajstić information content (AvgIpc) is 3.07. The molecular weight excluding hydrogens is 342 g/mol. The number of esters is 1. The Balaban J connectivity index is 1.60. The van der Waals surface area contributed by atoms with Crippen molar-refractivity contribution in [3.8, 4) is 17.2 Å². The molecule has 0 unspecified atom stereocenters. The molecule has 3 aromatic rings. The summed E-state index contributed by atoms with van der Waals surface area (Å²) >= 11 is 0. The van der Waals surface area contributed by atoms with Crippen molar-refractivity contribution in [3.05, 3.63) is 77.7 Å².